The van der Waals surface area contributed by atoms with Crippen molar-refractivity contribution in [2.75, 3.05) is 0 Å². The SMILES string of the molecule is C=C(Br)Cn1cccc(C#N)c1=O. The van der Waals surface area contributed by atoms with Crippen molar-refractivity contribution >= 4 is 15.9 Å². The highest BCUT2D eigenvalue weighted by Gasteiger charge is 2.01. The number of halogens is 1. The van der Waals surface area contributed by atoms with Crippen molar-refractivity contribution in [1.82, 2.24) is 4.57 Å². The molecule has 3 nitrogen and oxygen atoms in total. The van der Waals surface area contributed by atoms with Crippen molar-refractivity contribution in [1.29, 1.82) is 5.26 Å². The highest BCUT2D eigenvalue weighted by molar-refractivity contribution is 9.11. The maximum atomic E-state index is 11.4. The van der Waals surface area contributed by atoms with Gasteiger partial charge in [0.1, 0.15) is 11.6 Å². The van der Waals surface area contributed by atoms with Gasteiger partial charge in [-0.25, -0.2) is 0 Å². The third kappa shape index (κ3) is 2.30. The van der Waals surface area contributed by atoms with Gasteiger partial charge in [0.05, 0.1) is 6.54 Å². The lowest BCUT2D eigenvalue weighted by molar-refractivity contribution is 0.772. The quantitative estimate of drug-likeness (QED) is 0.787. The summed E-state index contributed by atoms with van der Waals surface area (Å²) in [5.41, 5.74) is -0.137. The van der Waals surface area contributed by atoms with Crippen molar-refractivity contribution in [3.8, 4) is 6.07 Å². The zero-order valence-electron chi connectivity index (χ0n) is 6.83. The molecule has 66 valence electrons. The molecule has 0 atom stereocenters. The summed E-state index contributed by atoms with van der Waals surface area (Å²) in [6.45, 7) is 4.00. The van der Waals surface area contributed by atoms with E-state index in [9.17, 15) is 4.79 Å². The molecule has 1 rings (SSSR count). The Labute approximate surface area is 84.1 Å². The molecule has 0 aliphatic carbocycles. The first-order chi connectivity index (χ1) is 6.15. The van der Waals surface area contributed by atoms with Gasteiger partial charge in [-0.15, -0.1) is 0 Å². The van der Waals surface area contributed by atoms with Crippen molar-refractivity contribution in [3.63, 3.8) is 0 Å². The van der Waals surface area contributed by atoms with E-state index in [2.05, 4.69) is 22.5 Å². The average Bonchev–Trinajstić information content (AvgIpc) is 2.08. The smallest absolute Gasteiger partial charge is 0.268 e. The van der Waals surface area contributed by atoms with Crippen molar-refractivity contribution in [2.24, 2.45) is 0 Å². The second-order valence-electron chi connectivity index (χ2n) is 2.48. The third-order valence-corrected chi connectivity index (χ3v) is 1.73. The van der Waals surface area contributed by atoms with Crippen LogP contribution in [0.15, 0.2) is 34.2 Å². The maximum absolute atomic E-state index is 11.4. The van der Waals surface area contributed by atoms with Crippen molar-refractivity contribution in [2.45, 2.75) is 6.54 Å². The Kier molecular flexibility index (Phi) is 3.04. The molecular weight excluding hydrogens is 232 g/mol. The van der Waals surface area contributed by atoms with Crippen LogP contribution in [0, 0.1) is 11.3 Å². The van der Waals surface area contributed by atoms with Crippen molar-refractivity contribution < 1.29 is 0 Å². The summed E-state index contributed by atoms with van der Waals surface area (Å²) in [6, 6.07) is 4.99. The molecular formula is C9H7BrN2O. The standard InChI is InChI=1S/C9H7BrN2O/c1-7(10)6-12-4-2-3-8(5-11)9(12)13/h2-4H,1,6H2. The van der Waals surface area contributed by atoms with Gasteiger partial charge >= 0.3 is 0 Å². The van der Waals surface area contributed by atoms with Gasteiger partial charge in [0.15, 0.2) is 0 Å². The maximum Gasteiger partial charge on any atom is 0.268 e. The van der Waals surface area contributed by atoms with E-state index in [4.69, 9.17) is 5.26 Å². The summed E-state index contributed by atoms with van der Waals surface area (Å²) in [6.07, 6.45) is 1.62. The Morgan fingerprint density at radius 3 is 3.00 bits per heavy atom. The zero-order chi connectivity index (χ0) is 9.84. The average molecular weight is 239 g/mol. The van der Waals surface area contributed by atoms with E-state index in [1.807, 2.05) is 6.07 Å². The molecule has 0 fully saturated rings. The van der Waals surface area contributed by atoms with Gasteiger partial charge in [0.2, 0.25) is 0 Å². The van der Waals surface area contributed by atoms with Gasteiger partial charge in [0.25, 0.3) is 5.56 Å². The van der Waals surface area contributed by atoms with Gasteiger partial charge in [0, 0.05) is 10.7 Å². The fourth-order valence-corrected chi connectivity index (χ4v) is 1.20. The number of pyridine rings is 1. The normalized spacial score (nSPS) is 9.23. The van der Waals surface area contributed by atoms with Crippen LogP contribution >= 0.6 is 15.9 Å². The number of allylic oxidation sites excluding steroid dienone is 1. The van der Waals surface area contributed by atoms with E-state index < -0.39 is 0 Å². The zero-order valence-corrected chi connectivity index (χ0v) is 8.41. The van der Waals surface area contributed by atoms with Crippen LogP contribution < -0.4 is 5.56 Å². The minimum Gasteiger partial charge on any atom is -0.309 e. The molecule has 13 heavy (non-hydrogen) atoms. The molecule has 1 aromatic rings. The summed E-state index contributed by atoms with van der Waals surface area (Å²) >= 11 is 3.15. The molecule has 0 aromatic carbocycles. The molecule has 1 aromatic heterocycles. The topological polar surface area (TPSA) is 45.8 Å². The summed E-state index contributed by atoms with van der Waals surface area (Å²) in [4.78, 5) is 11.4. The van der Waals surface area contributed by atoms with E-state index in [1.54, 1.807) is 12.3 Å². The molecule has 0 spiro atoms. The fraction of sp³-hybridized carbons (Fsp3) is 0.111. The van der Waals surface area contributed by atoms with Gasteiger partial charge in [-0.2, -0.15) is 5.26 Å². The molecule has 0 unspecified atom stereocenters. The van der Waals surface area contributed by atoms with Gasteiger partial charge in [-0.1, -0.05) is 22.5 Å². The van der Waals surface area contributed by atoms with Crippen LogP contribution in [-0.2, 0) is 6.54 Å². The summed E-state index contributed by atoms with van der Waals surface area (Å²) in [7, 11) is 0. The molecule has 0 amide bonds. The highest BCUT2D eigenvalue weighted by Crippen LogP contribution is 2.02. The molecule has 0 N–H and O–H groups in total. The van der Waals surface area contributed by atoms with Gasteiger partial charge in [-0.3, -0.25) is 4.79 Å². The lowest BCUT2D eigenvalue weighted by Crippen LogP contribution is -2.21. The Balaban J connectivity index is 3.18. The number of nitrogens with zero attached hydrogens (tertiary/aromatic N) is 2. The predicted octanol–water partition coefficient (Wildman–Crippen LogP) is 1.63. The van der Waals surface area contributed by atoms with Crippen LogP contribution in [-0.4, -0.2) is 4.57 Å². The summed E-state index contributed by atoms with van der Waals surface area (Å²) in [5.74, 6) is 0. The molecule has 0 aliphatic rings. The van der Waals surface area contributed by atoms with E-state index in [1.165, 1.54) is 10.6 Å². The van der Waals surface area contributed by atoms with E-state index in [0.29, 0.717) is 11.0 Å². The largest absolute Gasteiger partial charge is 0.309 e. The molecule has 0 radical (unpaired) electrons. The van der Waals surface area contributed by atoms with Crippen LogP contribution in [0.4, 0.5) is 0 Å². The lowest BCUT2D eigenvalue weighted by Gasteiger charge is -2.02. The monoisotopic (exact) mass is 238 g/mol. The van der Waals surface area contributed by atoms with Crippen LogP contribution in [0.3, 0.4) is 0 Å². The third-order valence-electron chi connectivity index (χ3n) is 1.48. The second kappa shape index (κ2) is 4.06. The first kappa shape index (κ1) is 9.75. The van der Waals surface area contributed by atoms with Gasteiger partial charge in [-0.05, 0) is 12.1 Å². The van der Waals surface area contributed by atoms with E-state index >= 15 is 0 Å². The van der Waals surface area contributed by atoms with Crippen LogP contribution in [0.5, 0.6) is 0 Å². The minimum absolute atomic E-state index is 0.149. The molecule has 0 saturated heterocycles. The molecule has 0 aliphatic heterocycles. The Hall–Kier alpha value is -1.34. The molecule has 4 heteroatoms. The minimum atomic E-state index is -0.286. The predicted molar refractivity (Wildman–Crippen MR) is 53.5 cm³/mol. The number of hydrogen-bond donors (Lipinski definition) is 0. The number of nitriles is 1. The highest BCUT2D eigenvalue weighted by atomic mass is 79.9. The molecule has 0 saturated carbocycles. The summed E-state index contributed by atoms with van der Waals surface area (Å²) in [5, 5.41) is 8.58. The van der Waals surface area contributed by atoms with Crippen LogP contribution in [0.2, 0.25) is 0 Å². The number of hydrogen-bond acceptors (Lipinski definition) is 2. The Morgan fingerprint density at radius 1 is 1.77 bits per heavy atom. The lowest BCUT2D eigenvalue weighted by atomic mass is 10.3. The van der Waals surface area contributed by atoms with Crippen molar-refractivity contribution in [3.05, 3.63) is 45.3 Å². The fourth-order valence-electron chi connectivity index (χ4n) is 0.931. The first-order valence-corrected chi connectivity index (χ1v) is 4.37. The Morgan fingerprint density at radius 2 is 2.46 bits per heavy atom. The molecule has 1 heterocycles. The van der Waals surface area contributed by atoms with E-state index in [-0.39, 0.29) is 11.1 Å². The van der Waals surface area contributed by atoms with Gasteiger partial charge < -0.3 is 4.57 Å². The first-order valence-electron chi connectivity index (χ1n) is 3.58. The molecule has 0 bridgehead atoms. The Bertz CT molecular complexity index is 428. The van der Waals surface area contributed by atoms with Crippen LogP contribution in [0.25, 0.3) is 0 Å². The second-order valence-corrected chi connectivity index (χ2v) is 3.61. The summed E-state index contributed by atoms with van der Waals surface area (Å²) < 4.78 is 2.13. The number of rotatable bonds is 2. The van der Waals surface area contributed by atoms with E-state index in [0.717, 1.165) is 0 Å². The number of aromatic nitrogens is 1. The van der Waals surface area contributed by atoms with Crippen LogP contribution in [0.1, 0.15) is 5.56 Å².